The fraction of sp³-hybridized carbons (Fsp3) is 0.208. The third kappa shape index (κ3) is 2.69. The van der Waals surface area contributed by atoms with Crippen LogP contribution in [0.15, 0.2) is 82.7 Å². The van der Waals surface area contributed by atoms with Gasteiger partial charge in [-0.1, -0.05) is 66.2 Å². The second-order valence-corrected chi connectivity index (χ2v) is 8.40. The molecule has 3 aromatic carbocycles. The molecule has 26 heavy (non-hydrogen) atoms. The maximum absolute atomic E-state index is 5.19. The van der Waals surface area contributed by atoms with Crippen LogP contribution in [0, 0.1) is 12.8 Å². The van der Waals surface area contributed by atoms with Gasteiger partial charge in [0.25, 0.3) is 0 Å². The lowest BCUT2D eigenvalue weighted by Gasteiger charge is -2.31. The average Bonchev–Trinajstić information content (AvgIpc) is 2.85. The average molecular weight is 356 g/mol. The highest BCUT2D eigenvalue weighted by Gasteiger charge is 2.35. The Labute approximate surface area is 159 Å². The normalized spacial score (nSPS) is 21.0. The standard InChI is InChI=1S/C24H21NS/c1-16-10-12-18(13-11-16)24-20-15-14-17-6-2-3-7-19(17)23(20)25-21-8-4-5-9-22(21)26-24/h2-13,20,24H,14-15H2,1H3/t20-,24-/m1/s1. The van der Waals surface area contributed by atoms with Crippen molar-refractivity contribution < 1.29 is 0 Å². The van der Waals surface area contributed by atoms with E-state index >= 15 is 0 Å². The van der Waals surface area contributed by atoms with Crippen LogP contribution in [0.25, 0.3) is 0 Å². The number of hydrogen-bond donors (Lipinski definition) is 0. The summed E-state index contributed by atoms with van der Waals surface area (Å²) in [7, 11) is 0. The van der Waals surface area contributed by atoms with Crippen LogP contribution >= 0.6 is 11.8 Å². The van der Waals surface area contributed by atoms with Gasteiger partial charge >= 0.3 is 0 Å². The molecule has 1 aliphatic heterocycles. The van der Waals surface area contributed by atoms with E-state index in [9.17, 15) is 0 Å². The van der Waals surface area contributed by atoms with Gasteiger partial charge in [-0.05, 0) is 48.6 Å². The Balaban J connectivity index is 1.70. The molecule has 2 heteroatoms. The molecule has 2 aliphatic rings. The zero-order valence-corrected chi connectivity index (χ0v) is 15.7. The molecule has 5 rings (SSSR count). The Morgan fingerprint density at radius 1 is 0.885 bits per heavy atom. The first-order chi connectivity index (χ1) is 12.8. The molecule has 128 valence electrons. The van der Waals surface area contributed by atoms with Gasteiger partial charge in [0, 0.05) is 16.1 Å². The van der Waals surface area contributed by atoms with Crippen LogP contribution in [0.3, 0.4) is 0 Å². The van der Waals surface area contributed by atoms with E-state index < -0.39 is 0 Å². The van der Waals surface area contributed by atoms with Crippen LogP contribution in [0.5, 0.6) is 0 Å². The summed E-state index contributed by atoms with van der Waals surface area (Å²) in [5.74, 6) is 0.449. The van der Waals surface area contributed by atoms with E-state index in [0.29, 0.717) is 11.2 Å². The highest BCUT2D eigenvalue weighted by atomic mass is 32.2. The molecule has 0 amide bonds. The summed E-state index contributed by atoms with van der Waals surface area (Å²) in [4.78, 5) is 6.48. The molecule has 2 atom stereocenters. The van der Waals surface area contributed by atoms with Gasteiger partial charge in [0.1, 0.15) is 0 Å². The Bertz CT molecular complexity index is 987. The minimum Gasteiger partial charge on any atom is -0.251 e. The van der Waals surface area contributed by atoms with Gasteiger partial charge in [-0.2, -0.15) is 0 Å². The summed E-state index contributed by atoms with van der Waals surface area (Å²) >= 11 is 1.98. The predicted octanol–water partition coefficient (Wildman–Crippen LogP) is 6.53. The molecule has 0 N–H and O–H groups in total. The molecule has 0 saturated heterocycles. The first kappa shape index (κ1) is 15.9. The Kier molecular flexibility index (Phi) is 3.94. The zero-order valence-electron chi connectivity index (χ0n) is 14.9. The molecule has 0 radical (unpaired) electrons. The molecule has 3 aromatic rings. The van der Waals surface area contributed by atoms with Crippen molar-refractivity contribution in [1.29, 1.82) is 0 Å². The Morgan fingerprint density at radius 3 is 2.54 bits per heavy atom. The molecule has 0 spiro atoms. The van der Waals surface area contributed by atoms with Gasteiger partial charge in [-0.3, -0.25) is 4.99 Å². The van der Waals surface area contributed by atoms with Crippen molar-refractivity contribution in [1.82, 2.24) is 0 Å². The number of thioether (sulfide) groups is 1. The van der Waals surface area contributed by atoms with E-state index in [1.807, 2.05) is 11.8 Å². The third-order valence-electron chi connectivity index (χ3n) is 5.50. The minimum atomic E-state index is 0.409. The molecular weight excluding hydrogens is 334 g/mol. The van der Waals surface area contributed by atoms with Gasteiger partial charge < -0.3 is 0 Å². The van der Waals surface area contributed by atoms with Crippen molar-refractivity contribution >= 4 is 23.2 Å². The van der Waals surface area contributed by atoms with E-state index in [4.69, 9.17) is 4.99 Å². The van der Waals surface area contributed by atoms with E-state index in [0.717, 1.165) is 18.5 Å². The summed E-state index contributed by atoms with van der Waals surface area (Å²) < 4.78 is 0. The monoisotopic (exact) mass is 355 g/mol. The van der Waals surface area contributed by atoms with Crippen LogP contribution < -0.4 is 0 Å². The number of rotatable bonds is 1. The van der Waals surface area contributed by atoms with Crippen molar-refractivity contribution in [3.8, 4) is 0 Å². The minimum absolute atomic E-state index is 0.409. The first-order valence-electron chi connectivity index (χ1n) is 9.29. The fourth-order valence-electron chi connectivity index (χ4n) is 4.13. The summed E-state index contributed by atoms with van der Waals surface area (Å²) in [6, 6.07) is 26.5. The molecule has 0 bridgehead atoms. The van der Waals surface area contributed by atoms with E-state index in [2.05, 4.69) is 79.7 Å². The maximum Gasteiger partial charge on any atom is 0.0769 e. The number of hydrogen-bond acceptors (Lipinski definition) is 2. The molecule has 0 unspecified atom stereocenters. The van der Waals surface area contributed by atoms with Crippen LogP contribution in [0.4, 0.5) is 5.69 Å². The lowest BCUT2D eigenvalue weighted by atomic mass is 9.78. The highest BCUT2D eigenvalue weighted by Crippen LogP contribution is 2.50. The number of fused-ring (bicyclic) bond motifs is 4. The van der Waals surface area contributed by atoms with E-state index in [-0.39, 0.29) is 0 Å². The fourth-order valence-corrected chi connectivity index (χ4v) is 5.52. The molecular formula is C24H21NS. The largest absolute Gasteiger partial charge is 0.251 e. The van der Waals surface area contributed by atoms with Gasteiger partial charge in [-0.25, -0.2) is 0 Å². The van der Waals surface area contributed by atoms with Crippen molar-refractivity contribution in [2.45, 2.75) is 29.9 Å². The molecule has 0 fully saturated rings. The Hall–Kier alpha value is -2.32. The lowest BCUT2D eigenvalue weighted by molar-refractivity contribution is 0.597. The van der Waals surface area contributed by atoms with E-state index in [1.165, 1.54) is 32.9 Å². The molecule has 0 aromatic heterocycles. The number of nitrogens with zero attached hydrogens (tertiary/aromatic N) is 1. The second-order valence-electron chi connectivity index (χ2n) is 7.22. The number of para-hydroxylation sites is 1. The van der Waals surface area contributed by atoms with Crippen LogP contribution in [-0.4, -0.2) is 5.71 Å². The van der Waals surface area contributed by atoms with Gasteiger partial charge in [0.15, 0.2) is 0 Å². The maximum atomic E-state index is 5.19. The second kappa shape index (κ2) is 6.44. The molecule has 1 aliphatic carbocycles. The van der Waals surface area contributed by atoms with Crippen LogP contribution in [0.1, 0.15) is 33.9 Å². The highest BCUT2D eigenvalue weighted by molar-refractivity contribution is 7.99. The van der Waals surface area contributed by atoms with Gasteiger partial charge in [-0.15, -0.1) is 11.8 Å². The van der Waals surface area contributed by atoms with Crippen molar-refractivity contribution in [2.24, 2.45) is 10.9 Å². The smallest absolute Gasteiger partial charge is 0.0769 e. The van der Waals surface area contributed by atoms with E-state index in [1.54, 1.807) is 0 Å². The molecule has 1 heterocycles. The van der Waals surface area contributed by atoms with Crippen LogP contribution in [-0.2, 0) is 6.42 Å². The first-order valence-corrected chi connectivity index (χ1v) is 10.2. The van der Waals surface area contributed by atoms with Crippen molar-refractivity contribution in [3.63, 3.8) is 0 Å². The number of aliphatic imine (C=N–C) groups is 1. The predicted molar refractivity (Wildman–Crippen MR) is 111 cm³/mol. The number of aryl methyl sites for hydroxylation is 2. The summed E-state index contributed by atoms with van der Waals surface area (Å²) in [5, 5.41) is 0.409. The summed E-state index contributed by atoms with van der Waals surface area (Å²) in [5.41, 5.74) is 7.90. The van der Waals surface area contributed by atoms with Gasteiger partial charge in [0.05, 0.1) is 11.4 Å². The summed E-state index contributed by atoms with van der Waals surface area (Å²) in [6.45, 7) is 2.16. The van der Waals surface area contributed by atoms with Crippen molar-refractivity contribution in [3.05, 3.63) is 95.1 Å². The summed E-state index contributed by atoms with van der Waals surface area (Å²) in [6.07, 6.45) is 2.30. The lowest BCUT2D eigenvalue weighted by Crippen LogP contribution is -2.27. The Morgan fingerprint density at radius 2 is 1.65 bits per heavy atom. The number of benzene rings is 3. The topological polar surface area (TPSA) is 12.4 Å². The molecule has 1 nitrogen and oxygen atoms in total. The van der Waals surface area contributed by atoms with Gasteiger partial charge in [0.2, 0.25) is 0 Å². The quantitative estimate of drug-likeness (QED) is 0.484. The zero-order chi connectivity index (χ0) is 17.5. The third-order valence-corrected chi connectivity index (χ3v) is 6.95. The van der Waals surface area contributed by atoms with Crippen molar-refractivity contribution in [2.75, 3.05) is 0 Å². The van der Waals surface area contributed by atoms with Crippen LogP contribution in [0.2, 0.25) is 0 Å². The molecule has 0 saturated carbocycles. The SMILES string of the molecule is Cc1ccc([C@H]2Sc3ccccc3N=C3c4ccccc4CC[C@H]32)cc1.